The summed E-state index contributed by atoms with van der Waals surface area (Å²) in [6.07, 6.45) is 4.33. The van der Waals surface area contributed by atoms with Crippen LogP contribution in [-0.4, -0.2) is 48.3 Å². The highest BCUT2D eigenvalue weighted by Crippen LogP contribution is 2.28. The van der Waals surface area contributed by atoms with Crippen molar-refractivity contribution in [3.05, 3.63) is 0 Å². The lowest BCUT2D eigenvalue weighted by atomic mass is 9.82. The Morgan fingerprint density at radius 3 is 2.75 bits per heavy atom. The highest BCUT2D eigenvalue weighted by molar-refractivity contribution is 5.80. The predicted molar refractivity (Wildman–Crippen MR) is 60.0 cm³/mol. The summed E-state index contributed by atoms with van der Waals surface area (Å²) in [4.78, 5) is 13.8. The Morgan fingerprint density at radius 2 is 2.19 bits per heavy atom. The average molecular weight is 227 g/mol. The smallest absolute Gasteiger partial charge is 0.251 e. The summed E-state index contributed by atoms with van der Waals surface area (Å²) in [6.45, 7) is 1.47. The number of amides is 1. The summed E-state index contributed by atoms with van der Waals surface area (Å²) in [5.74, 6) is 0.591. The van der Waals surface area contributed by atoms with Crippen LogP contribution in [0.15, 0.2) is 0 Å². The third-order valence-electron chi connectivity index (χ3n) is 3.57. The quantitative estimate of drug-likeness (QED) is 0.775. The predicted octanol–water partition coefficient (Wildman–Crippen LogP) is 0.785. The molecule has 16 heavy (non-hydrogen) atoms. The molecule has 0 spiro atoms. The lowest BCUT2D eigenvalue weighted by Gasteiger charge is -2.35. The van der Waals surface area contributed by atoms with Gasteiger partial charge in [0.05, 0.1) is 6.10 Å². The highest BCUT2D eigenvalue weighted by atomic mass is 16.5. The number of likely N-dealkylation sites (N-methyl/N-ethyl adjacent to an activating group) is 1. The first kappa shape index (κ1) is 11.9. The monoisotopic (exact) mass is 227 g/mol. The summed E-state index contributed by atoms with van der Waals surface area (Å²) in [5.41, 5.74) is 0. The zero-order valence-corrected chi connectivity index (χ0v) is 9.89. The molecule has 1 heterocycles. The number of carbonyl (C=O) groups is 1. The molecule has 1 unspecified atom stereocenters. The van der Waals surface area contributed by atoms with Crippen molar-refractivity contribution in [2.45, 2.75) is 44.3 Å². The molecule has 4 heteroatoms. The molecule has 0 aromatic carbocycles. The van der Waals surface area contributed by atoms with Crippen molar-refractivity contribution in [3.8, 4) is 0 Å². The van der Waals surface area contributed by atoms with Crippen molar-refractivity contribution in [3.63, 3.8) is 0 Å². The van der Waals surface area contributed by atoms with Crippen LogP contribution < -0.4 is 0 Å². The second-order valence-corrected chi connectivity index (χ2v) is 5.07. The fourth-order valence-corrected chi connectivity index (χ4v) is 2.51. The van der Waals surface area contributed by atoms with Gasteiger partial charge in [-0.25, -0.2) is 0 Å². The van der Waals surface area contributed by atoms with Crippen LogP contribution >= 0.6 is 0 Å². The van der Waals surface area contributed by atoms with E-state index < -0.39 is 0 Å². The van der Waals surface area contributed by atoms with Crippen molar-refractivity contribution < 1.29 is 14.6 Å². The summed E-state index contributed by atoms with van der Waals surface area (Å²) in [7, 11) is 1.84. The Hall–Kier alpha value is -0.610. The maximum Gasteiger partial charge on any atom is 0.251 e. The molecule has 1 aliphatic heterocycles. The van der Waals surface area contributed by atoms with E-state index >= 15 is 0 Å². The molecule has 2 aliphatic rings. The van der Waals surface area contributed by atoms with Crippen molar-refractivity contribution in [1.29, 1.82) is 0 Å². The minimum Gasteiger partial charge on any atom is -0.393 e. The Kier molecular flexibility index (Phi) is 3.82. The fourth-order valence-electron chi connectivity index (χ4n) is 2.51. The van der Waals surface area contributed by atoms with Gasteiger partial charge in [-0.2, -0.15) is 0 Å². The highest BCUT2D eigenvalue weighted by Gasteiger charge is 2.31. The van der Waals surface area contributed by atoms with Gasteiger partial charge in [-0.15, -0.1) is 0 Å². The maximum atomic E-state index is 12.0. The van der Waals surface area contributed by atoms with Crippen LogP contribution in [0.1, 0.15) is 32.1 Å². The second-order valence-electron chi connectivity index (χ2n) is 5.07. The molecule has 1 saturated carbocycles. The van der Waals surface area contributed by atoms with Crippen molar-refractivity contribution in [2.75, 3.05) is 20.2 Å². The van der Waals surface area contributed by atoms with E-state index in [9.17, 15) is 9.90 Å². The Labute approximate surface area is 96.6 Å². The largest absolute Gasteiger partial charge is 0.393 e. The minimum atomic E-state index is -0.219. The average Bonchev–Trinajstić information content (AvgIpc) is 2.27. The van der Waals surface area contributed by atoms with Gasteiger partial charge < -0.3 is 14.7 Å². The van der Waals surface area contributed by atoms with E-state index in [0.717, 1.165) is 38.6 Å². The van der Waals surface area contributed by atoms with E-state index in [1.165, 1.54) is 0 Å². The molecule has 0 aromatic heterocycles. The maximum absolute atomic E-state index is 12.0. The number of hydrogen-bond acceptors (Lipinski definition) is 3. The van der Waals surface area contributed by atoms with Gasteiger partial charge in [-0.05, 0) is 38.0 Å². The standard InChI is InChI=1S/C12H21NO3/c1-13(8-9-6-10(14)7-9)12(15)11-4-2-3-5-16-11/h9-11,14H,2-8H2,1H3. The van der Waals surface area contributed by atoms with Gasteiger partial charge in [0.1, 0.15) is 6.10 Å². The van der Waals surface area contributed by atoms with Crippen LogP contribution in [-0.2, 0) is 9.53 Å². The van der Waals surface area contributed by atoms with Crippen molar-refractivity contribution in [2.24, 2.45) is 5.92 Å². The van der Waals surface area contributed by atoms with Crippen LogP contribution in [0.2, 0.25) is 0 Å². The molecule has 2 rings (SSSR count). The normalized spacial score (nSPS) is 34.2. The van der Waals surface area contributed by atoms with E-state index in [1.807, 2.05) is 7.05 Å². The van der Waals surface area contributed by atoms with E-state index in [4.69, 9.17) is 4.74 Å². The SMILES string of the molecule is CN(CC1CC(O)C1)C(=O)C1CCCCO1. The van der Waals surface area contributed by atoms with Gasteiger partial charge in [0, 0.05) is 20.2 Å². The second kappa shape index (κ2) is 5.15. The Bertz CT molecular complexity index is 245. The Balaban J connectivity index is 1.74. The van der Waals surface area contributed by atoms with Crippen LogP contribution in [0, 0.1) is 5.92 Å². The van der Waals surface area contributed by atoms with Gasteiger partial charge in [0.2, 0.25) is 0 Å². The molecule has 1 amide bonds. The zero-order valence-electron chi connectivity index (χ0n) is 9.89. The third kappa shape index (κ3) is 2.74. The minimum absolute atomic E-state index is 0.112. The lowest BCUT2D eigenvalue weighted by molar-refractivity contribution is -0.146. The lowest BCUT2D eigenvalue weighted by Crippen LogP contribution is -2.44. The van der Waals surface area contributed by atoms with Gasteiger partial charge in [-0.3, -0.25) is 4.79 Å². The van der Waals surface area contributed by atoms with Gasteiger partial charge in [-0.1, -0.05) is 0 Å². The molecular formula is C12H21NO3. The molecule has 4 nitrogen and oxygen atoms in total. The number of nitrogens with zero attached hydrogens (tertiary/aromatic N) is 1. The zero-order chi connectivity index (χ0) is 11.5. The van der Waals surface area contributed by atoms with Crippen LogP contribution in [0.5, 0.6) is 0 Å². The third-order valence-corrected chi connectivity index (χ3v) is 3.57. The van der Waals surface area contributed by atoms with E-state index in [1.54, 1.807) is 4.90 Å². The van der Waals surface area contributed by atoms with Gasteiger partial charge in [0.25, 0.3) is 5.91 Å². The summed E-state index contributed by atoms with van der Waals surface area (Å²) >= 11 is 0. The van der Waals surface area contributed by atoms with Crippen LogP contribution in [0.4, 0.5) is 0 Å². The first-order valence-electron chi connectivity index (χ1n) is 6.21. The van der Waals surface area contributed by atoms with Gasteiger partial charge >= 0.3 is 0 Å². The molecular weight excluding hydrogens is 206 g/mol. The van der Waals surface area contributed by atoms with E-state index in [2.05, 4.69) is 0 Å². The van der Waals surface area contributed by atoms with Crippen LogP contribution in [0.3, 0.4) is 0 Å². The van der Waals surface area contributed by atoms with Crippen molar-refractivity contribution in [1.82, 2.24) is 4.90 Å². The molecule has 0 aromatic rings. The molecule has 1 N–H and O–H groups in total. The molecule has 0 bridgehead atoms. The van der Waals surface area contributed by atoms with E-state index in [0.29, 0.717) is 12.5 Å². The Morgan fingerprint density at radius 1 is 1.44 bits per heavy atom. The number of ether oxygens (including phenoxy) is 1. The van der Waals surface area contributed by atoms with Crippen molar-refractivity contribution >= 4 is 5.91 Å². The first-order chi connectivity index (χ1) is 7.66. The number of hydrogen-bond donors (Lipinski definition) is 1. The fraction of sp³-hybridized carbons (Fsp3) is 0.917. The molecule has 1 saturated heterocycles. The number of aliphatic hydroxyl groups is 1. The molecule has 0 radical (unpaired) electrons. The molecule has 1 aliphatic carbocycles. The number of rotatable bonds is 3. The summed E-state index contributed by atoms with van der Waals surface area (Å²) in [5, 5.41) is 9.19. The van der Waals surface area contributed by atoms with Gasteiger partial charge in [0.15, 0.2) is 0 Å². The number of carbonyl (C=O) groups excluding carboxylic acids is 1. The van der Waals surface area contributed by atoms with Crippen LogP contribution in [0.25, 0.3) is 0 Å². The summed E-state index contributed by atoms with van der Waals surface area (Å²) < 4.78 is 5.47. The first-order valence-corrected chi connectivity index (χ1v) is 6.21. The van der Waals surface area contributed by atoms with E-state index in [-0.39, 0.29) is 18.1 Å². The number of aliphatic hydroxyl groups excluding tert-OH is 1. The molecule has 1 atom stereocenters. The molecule has 92 valence electrons. The topological polar surface area (TPSA) is 49.8 Å². The molecule has 2 fully saturated rings. The summed E-state index contributed by atoms with van der Waals surface area (Å²) in [6, 6.07) is 0.